The van der Waals surface area contributed by atoms with Crippen molar-refractivity contribution in [2.45, 2.75) is 12.8 Å². The Bertz CT molecular complexity index is 991. The van der Waals surface area contributed by atoms with E-state index in [-0.39, 0.29) is 24.1 Å². The van der Waals surface area contributed by atoms with Gasteiger partial charge in [0.1, 0.15) is 5.82 Å². The molecule has 0 atom stereocenters. The van der Waals surface area contributed by atoms with Crippen molar-refractivity contribution in [1.29, 1.82) is 0 Å². The maximum Gasteiger partial charge on any atom is 0.254 e. The largest absolute Gasteiger partial charge is 0.355 e. The van der Waals surface area contributed by atoms with Crippen LogP contribution in [0, 0.1) is 5.82 Å². The molecule has 0 saturated carbocycles. The SMILES string of the molecule is CNC(=O)c1cnc(-c2ccccc2)nc1CCNC(=O)Cc1ccc(F)cc1. The number of rotatable bonds is 7. The molecule has 0 fully saturated rings. The average molecular weight is 392 g/mol. The van der Waals surface area contributed by atoms with Gasteiger partial charge in [0, 0.05) is 31.8 Å². The van der Waals surface area contributed by atoms with Crippen LogP contribution in [-0.2, 0) is 17.6 Å². The second-order valence-electron chi connectivity index (χ2n) is 6.40. The van der Waals surface area contributed by atoms with Gasteiger partial charge in [-0.15, -0.1) is 0 Å². The van der Waals surface area contributed by atoms with Crippen molar-refractivity contribution >= 4 is 11.8 Å². The van der Waals surface area contributed by atoms with Crippen LogP contribution in [0.2, 0.25) is 0 Å². The molecule has 0 radical (unpaired) electrons. The van der Waals surface area contributed by atoms with Crippen LogP contribution in [0.25, 0.3) is 11.4 Å². The molecule has 148 valence electrons. The molecule has 2 N–H and O–H groups in total. The zero-order valence-corrected chi connectivity index (χ0v) is 16.0. The Morgan fingerprint density at radius 2 is 1.76 bits per heavy atom. The summed E-state index contributed by atoms with van der Waals surface area (Å²) in [4.78, 5) is 33.1. The summed E-state index contributed by atoms with van der Waals surface area (Å²) in [5, 5.41) is 5.39. The molecule has 6 nitrogen and oxygen atoms in total. The lowest BCUT2D eigenvalue weighted by molar-refractivity contribution is -0.120. The van der Waals surface area contributed by atoms with E-state index >= 15 is 0 Å². The van der Waals surface area contributed by atoms with Crippen molar-refractivity contribution in [3.63, 3.8) is 0 Å². The van der Waals surface area contributed by atoms with Gasteiger partial charge in [0.05, 0.1) is 17.7 Å². The first-order chi connectivity index (χ1) is 14.1. The second kappa shape index (κ2) is 9.54. The highest BCUT2D eigenvalue weighted by Crippen LogP contribution is 2.16. The van der Waals surface area contributed by atoms with Crippen LogP contribution in [0.15, 0.2) is 60.8 Å². The number of carbonyl (C=O) groups excluding carboxylic acids is 2. The third kappa shape index (κ3) is 5.44. The van der Waals surface area contributed by atoms with Crippen LogP contribution in [-0.4, -0.2) is 35.4 Å². The molecule has 0 spiro atoms. The summed E-state index contributed by atoms with van der Waals surface area (Å²) in [6.45, 7) is 0.315. The van der Waals surface area contributed by atoms with E-state index in [1.807, 2.05) is 30.3 Å². The summed E-state index contributed by atoms with van der Waals surface area (Å²) in [6, 6.07) is 15.3. The number of aromatic nitrogens is 2. The number of hydrogen-bond donors (Lipinski definition) is 2. The van der Waals surface area contributed by atoms with Gasteiger partial charge in [-0.1, -0.05) is 42.5 Å². The number of carbonyl (C=O) groups is 2. The molecule has 3 aromatic rings. The Balaban J connectivity index is 1.68. The van der Waals surface area contributed by atoms with Crippen LogP contribution in [0.4, 0.5) is 4.39 Å². The van der Waals surface area contributed by atoms with Crippen molar-refractivity contribution in [2.24, 2.45) is 0 Å². The van der Waals surface area contributed by atoms with E-state index in [0.717, 1.165) is 11.1 Å². The van der Waals surface area contributed by atoms with Crippen LogP contribution >= 0.6 is 0 Å². The molecule has 0 saturated heterocycles. The molecule has 0 aliphatic rings. The Morgan fingerprint density at radius 1 is 1.03 bits per heavy atom. The predicted molar refractivity (Wildman–Crippen MR) is 108 cm³/mol. The van der Waals surface area contributed by atoms with Crippen molar-refractivity contribution in [1.82, 2.24) is 20.6 Å². The fourth-order valence-corrected chi connectivity index (χ4v) is 2.83. The standard InChI is InChI=1S/C22H21FN4O2/c1-24-22(29)18-14-26-21(16-5-3-2-4-6-16)27-19(18)11-12-25-20(28)13-15-7-9-17(23)10-8-15/h2-10,14H,11-13H2,1H3,(H,24,29)(H,25,28). The van der Waals surface area contributed by atoms with E-state index < -0.39 is 0 Å². The van der Waals surface area contributed by atoms with Crippen LogP contribution in [0.3, 0.4) is 0 Å². The molecule has 2 aromatic carbocycles. The second-order valence-corrected chi connectivity index (χ2v) is 6.40. The molecular formula is C22H21FN4O2. The third-order valence-corrected chi connectivity index (χ3v) is 4.33. The maximum atomic E-state index is 13.0. The summed E-state index contributed by atoms with van der Waals surface area (Å²) >= 11 is 0. The first kappa shape index (κ1) is 20.1. The number of halogens is 1. The van der Waals surface area contributed by atoms with Crippen molar-refractivity contribution < 1.29 is 14.0 Å². The van der Waals surface area contributed by atoms with E-state index in [4.69, 9.17) is 0 Å². The van der Waals surface area contributed by atoms with Crippen molar-refractivity contribution in [3.05, 3.63) is 83.4 Å². The van der Waals surface area contributed by atoms with Gasteiger partial charge >= 0.3 is 0 Å². The smallest absolute Gasteiger partial charge is 0.254 e. The van der Waals surface area contributed by atoms with Crippen molar-refractivity contribution in [3.8, 4) is 11.4 Å². The molecule has 0 bridgehead atoms. The summed E-state index contributed by atoms with van der Waals surface area (Å²) < 4.78 is 13.0. The minimum absolute atomic E-state index is 0.154. The Labute approximate surface area is 168 Å². The summed E-state index contributed by atoms with van der Waals surface area (Å²) in [5.41, 5.74) is 2.50. The minimum Gasteiger partial charge on any atom is -0.355 e. The van der Waals surface area contributed by atoms with Crippen LogP contribution < -0.4 is 10.6 Å². The van der Waals surface area contributed by atoms with E-state index in [9.17, 15) is 14.0 Å². The van der Waals surface area contributed by atoms with Crippen LogP contribution in [0.1, 0.15) is 21.6 Å². The fourth-order valence-electron chi connectivity index (χ4n) is 2.83. The van der Waals surface area contributed by atoms with Gasteiger partial charge in [-0.05, 0) is 17.7 Å². The molecule has 0 aliphatic carbocycles. The first-order valence-electron chi connectivity index (χ1n) is 9.21. The van der Waals surface area contributed by atoms with Gasteiger partial charge in [0.2, 0.25) is 5.91 Å². The highest BCUT2D eigenvalue weighted by atomic mass is 19.1. The van der Waals surface area contributed by atoms with Gasteiger partial charge in [-0.25, -0.2) is 14.4 Å². The number of hydrogen-bond acceptors (Lipinski definition) is 4. The molecule has 0 unspecified atom stereocenters. The lowest BCUT2D eigenvalue weighted by Gasteiger charge is -2.10. The van der Waals surface area contributed by atoms with Gasteiger partial charge in [0.25, 0.3) is 5.91 Å². The summed E-state index contributed by atoms with van der Waals surface area (Å²) in [6.07, 6.45) is 2.03. The highest BCUT2D eigenvalue weighted by molar-refractivity contribution is 5.95. The quantitative estimate of drug-likeness (QED) is 0.647. The zero-order chi connectivity index (χ0) is 20.6. The fraction of sp³-hybridized carbons (Fsp3) is 0.182. The predicted octanol–water partition coefficient (Wildman–Crippen LogP) is 2.54. The zero-order valence-electron chi connectivity index (χ0n) is 16.0. The number of nitrogens with one attached hydrogen (secondary N) is 2. The topological polar surface area (TPSA) is 84.0 Å². The molecule has 1 aromatic heterocycles. The molecule has 1 heterocycles. The lowest BCUT2D eigenvalue weighted by atomic mass is 10.1. The lowest BCUT2D eigenvalue weighted by Crippen LogP contribution is -2.28. The highest BCUT2D eigenvalue weighted by Gasteiger charge is 2.14. The molecule has 3 rings (SSSR count). The minimum atomic E-state index is -0.339. The van der Waals surface area contributed by atoms with E-state index in [2.05, 4.69) is 20.6 Å². The Kier molecular flexibility index (Phi) is 6.63. The average Bonchev–Trinajstić information content (AvgIpc) is 2.75. The van der Waals surface area contributed by atoms with Gasteiger partial charge in [-0.3, -0.25) is 9.59 Å². The normalized spacial score (nSPS) is 10.4. The number of nitrogens with zero attached hydrogens (tertiary/aromatic N) is 2. The van der Waals surface area contributed by atoms with Crippen LogP contribution in [0.5, 0.6) is 0 Å². The van der Waals surface area contributed by atoms with Gasteiger partial charge in [0.15, 0.2) is 5.82 Å². The van der Waals surface area contributed by atoms with Gasteiger partial charge < -0.3 is 10.6 Å². The molecular weight excluding hydrogens is 371 g/mol. The monoisotopic (exact) mass is 392 g/mol. The third-order valence-electron chi connectivity index (χ3n) is 4.33. The molecule has 29 heavy (non-hydrogen) atoms. The molecule has 2 amide bonds. The number of amides is 2. The Hall–Kier alpha value is -3.61. The molecule has 7 heteroatoms. The number of benzene rings is 2. The summed E-state index contributed by atoms with van der Waals surface area (Å²) in [7, 11) is 1.54. The van der Waals surface area contributed by atoms with Crippen molar-refractivity contribution in [2.75, 3.05) is 13.6 Å². The van der Waals surface area contributed by atoms with E-state index in [1.54, 1.807) is 19.2 Å². The van der Waals surface area contributed by atoms with Gasteiger partial charge in [-0.2, -0.15) is 0 Å². The van der Waals surface area contributed by atoms with E-state index in [1.165, 1.54) is 18.3 Å². The first-order valence-corrected chi connectivity index (χ1v) is 9.21. The van der Waals surface area contributed by atoms with E-state index in [0.29, 0.717) is 30.0 Å². The summed E-state index contributed by atoms with van der Waals surface area (Å²) in [5.74, 6) is -0.285. The Morgan fingerprint density at radius 3 is 2.45 bits per heavy atom. The maximum absolute atomic E-state index is 13.0. The molecule has 0 aliphatic heterocycles.